The summed E-state index contributed by atoms with van der Waals surface area (Å²) in [4.78, 5) is 22.0. The maximum Gasteiger partial charge on any atom is 0.286 e. The van der Waals surface area contributed by atoms with Crippen LogP contribution in [0.2, 0.25) is 0 Å². The van der Waals surface area contributed by atoms with Crippen LogP contribution < -0.4 is 20.5 Å². The molecule has 2 atom stereocenters. The van der Waals surface area contributed by atoms with Gasteiger partial charge in [0.15, 0.2) is 11.5 Å². The number of methoxy groups -OCH3 is 1. The molecule has 1 aromatic carbocycles. The van der Waals surface area contributed by atoms with E-state index in [1.807, 2.05) is 6.92 Å². The van der Waals surface area contributed by atoms with E-state index in [1.54, 1.807) is 0 Å². The molecular formula is C15H21N3O6. The van der Waals surface area contributed by atoms with Gasteiger partial charge in [-0.15, -0.1) is 0 Å². The average molecular weight is 339 g/mol. The Morgan fingerprint density at radius 3 is 2.79 bits per heavy atom. The fraction of sp³-hybridized carbons (Fsp3) is 0.533. The van der Waals surface area contributed by atoms with Gasteiger partial charge >= 0.3 is 0 Å². The van der Waals surface area contributed by atoms with Crippen LogP contribution in [0.5, 0.6) is 11.5 Å². The highest BCUT2D eigenvalue weighted by Gasteiger charge is 2.28. The molecule has 3 N–H and O–H groups in total. The first-order valence-electron chi connectivity index (χ1n) is 7.61. The lowest BCUT2D eigenvalue weighted by Crippen LogP contribution is -2.50. The van der Waals surface area contributed by atoms with E-state index in [-0.39, 0.29) is 29.2 Å². The van der Waals surface area contributed by atoms with E-state index in [1.165, 1.54) is 13.2 Å². The van der Waals surface area contributed by atoms with Crippen molar-refractivity contribution in [3.63, 3.8) is 0 Å². The fourth-order valence-corrected chi connectivity index (χ4v) is 2.59. The minimum absolute atomic E-state index is 0.0272. The molecule has 1 amide bonds. The standard InChI is InChI=1S/C15H21N3O6/c1-3-12(10-8-23-5-4-17-10)24-14-6-9(15(16)19)11(18(20)21)7-13(14)22-2/h6-7,10,12,17H,3-5,8H2,1-2H3,(H2,16,19). The van der Waals surface area contributed by atoms with Gasteiger partial charge in [-0.05, 0) is 6.42 Å². The number of amides is 1. The molecule has 0 spiro atoms. The van der Waals surface area contributed by atoms with Crippen LogP contribution in [-0.2, 0) is 4.74 Å². The molecule has 132 valence electrons. The number of rotatable bonds is 7. The largest absolute Gasteiger partial charge is 0.493 e. The van der Waals surface area contributed by atoms with Crippen molar-refractivity contribution in [1.82, 2.24) is 5.32 Å². The highest BCUT2D eigenvalue weighted by atomic mass is 16.6. The molecular weight excluding hydrogens is 318 g/mol. The lowest BCUT2D eigenvalue weighted by Gasteiger charge is -2.31. The molecule has 0 aliphatic carbocycles. The molecule has 1 aliphatic heterocycles. The Balaban J connectivity index is 2.35. The zero-order valence-corrected chi connectivity index (χ0v) is 13.6. The van der Waals surface area contributed by atoms with Crippen molar-refractivity contribution in [2.24, 2.45) is 5.73 Å². The van der Waals surface area contributed by atoms with Crippen LogP contribution in [0.1, 0.15) is 23.7 Å². The summed E-state index contributed by atoms with van der Waals surface area (Å²) in [6.07, 6.45) is 0.425. The van der Waals surface area contributed by atoms with Gasteiger partial charge in [-0.25, -0.2) is 0 Å². The van der Waals surface area contributed by atoms with Gasteiger partial charge in [-0.3, -0.25) is 14.9 Å². The summed E-state index contributed by atoms with van der Waals surface area (Å²) in [5, 5.41) is 14.4. The monoisotopic (exact) mass is 339 g/mol. The van der Waals surface area contributed by atoms with E-state index in [4.69, 9.17) is 19.9 Å². The molecule has 0 aromatic heterocycles. The molecule has 0 bridgehead atoms. The van der Waals surface area contributed by atoms with Crippen LogP contribution in [0, 0.1) is 10.1 Å². The zero-order valence-electron chi connectivity index (χ0n) is 13.6. The average Bonchev–Trinajstić information content (AvgIpc) is 2.59. The van der Waals surface area contributed by atoms with Crippen molar-refractivity contribution in [1.29, 1.82) is 0 Å². The van der Waals surface area contributed by atoms with E-state index in [0.717, 1.165) is 6.07 Å². The Labute approximate surface area is 139 Å². The Kier molecular flexibility index (Phi) is 5.93. The van der Waals surface area contributed by atoms with Gasteiger partial charge in [0, 0.05) is 12.6 Å². The molecule has 2 rings (SSSR count). The molecule has 0 saturated carbocycles. The van der Waals surface area contributed by atoms with Crippen LogP contribution in [0.4, 0.5) is 5.69 Å². The van der Waals surface area contributed by atoms with Crippen molar-refractivity contribution < 1.29 is 23.9 Å². The summed E-state index contributed by atoms with van der Waals surface area (Å²) in [6.45, 7) is 3.80. The van der Waals surface area contributed by atoms with E-state index in [0.29, 0.717) is 26.2 Å². The molecule has 1 aromatic rings. The minimum Gasteiger partial charge on any atom is -0.493 e. The number of hydrogen-bond acceptors (Lipinski definition) is 7. The summed E-state index contributed by atoms with van der Waals surface area (Å²) in [5.41, 5.74) is 4.61. The maximum atomic E-state index is 11.5. The number of ether oxygens (including phenoxy) is 3. The fourth-order valence-electron chi connectivity index (χ4n) is 2.59. The molecule has 1 aliphatic rings. The normalized spacial score (nSPS) is 18.7. The molecule has 2 unspecified atom stereocenters. The quantitative estimate of drug-likeness (QED) is 0.557. The van der Waals surface area contributed by atoms with Crippen LogP contribution >= 0.6 is 0 Å². The van der Waals surface area contributed by atoms with Gasteiger partial charge in [0.1, 0.15) is 11.7 Å². The van der Waals surface area contributed by atoms with Gasteiger partial charge in [-0.2, -0.15) is 0 Å². The summed E-state index contributed by atoms with van der Waals surface area (Å²) in [6, 6.07) is 2.37. The lowest BCUT2D eigenvalue weighted by atomic mass is 10.1. The first-order valence-corrected chi connectivity index (χ1v) is 7.61. The predicted molar refractivity (Wildman–Crippen MR) is 85.5 cm³/mol. The number of benzene rings is 1. The van der Waals surface area contributed by atoms with E-state index in [9.17, 15) is 14.9 Å². The maximum absolute atomic E-state index is 11.5. The SMILES string of the molecule is CCC(Oc1cc(C(N)=O)c([N+](=O)[O-])cc1OC)C1COCCN1. The van der Waals surface area contributed by atoms with Crippen LogP contribution in [0.3, 0.4) is 0 Å². The number of nitrogens with one attached hydrogen (secondary N) is 1. The smallest absolute Gasteiger partial charge is 0.286 e. The van der Waals surface area contributed by atoms with Crippen LogP contribution in [0.25, 0.3) is 0 Å². The van der Waals surface area contributed by atoms with Crippen molar-refractivity contribution >= 4 is 11.6 Å². The van der Waals surface area contributed by atoms with Crippen molar-refractivity contribution in [2.45, 2.75) is 25.5 Å². The third kappa shape index (κ3) is 3.92. The number of morpholine rings is 1. The Morgan fingerprint density at radius 1 is 1.54 bits per heavy atom. The number of nitrogens with zero attached hydrogens (tertiary/aromatic N) is 1. The Bertz CT molecular complexity index is 615. The summed E-state index contributed by atoms with van der Waals surface area (Å²) >= 11 is 0. The topological polar surface area (TPSA) is 126 Å². The highest BCUT2D eigenvalue weighted by molar-refractivity contribution is 5.97. The molecule has 9 heteroatoms. The van der Waals surface area contributed by atoms with Crippen LogP contribution in [0.15, 0.2) is 12.1 Å². The molecule has 24 heavy (non-hydrogen) atoms. The number of nitrogens with two attached hydrogens (primary N) is 1. The van der Waals surface area contributed by atoms with E-state index in [2.05, 4.69) is 5.32 Å². The number of nitro benzene ring substituents is 1. The third-order valence-electron chi connectivity index (χ3n) is 3.82. The Hall–Kier alpha value is -2.39. The Morgan fingerprint density at radius 2 is 2.29 bits per heavy atom. The molecule has 1 heterocycles. The molecule has 1 saturated heterocycles. The second-order valence-electron chi connectivity index (χ2n) is 5.34. The van der Waals surface area contributed by atoms with Gasteiger partial charge in [0.05, 0.1) is 37.4 Å². The summed E-state index contributed by atoms with van der Waals surface area (Å²) < 4.78 is 16.6. The predicted octanol–water partition coefficient (Wildman–Crippen LogP) is 0.848. The first kappa shape index (κ1) is 18.0. The lowest BCUT2D eigenvalue weighted by molar-refractivity contribution is -0.385. The minimum atomic E-state index is -0.902. The van der Waals surface area contributed by atoms with E-state index >= 15 is 0 Å². The molecule has 1 fully saturated rings. The molecule has 9 nitrogen and oxygen atoms in total. The van der Waals surface area contributed by atoms with Crippen LogP contribution in [-0.4, -0.2) is 49.8 Å². The van der Waals surface area contributed by atoms with Crippen molar-refractivity contribution in [3.8, 4) is 11.5 Å². The number of carbonyl (C=O) groups is 1. The second kappa shape index (κ2) is 7.93. The van der Waals surface area contributed by atoms with Crippen molar-refractivity contribution in [3.05, 3.63) is 27.8 Å². The first-order chi connectivity index (χ1) is 11.5. The molecule has 0 radical (unpaired) electrons. The third-order valence-corrected chi connectivity index (χ3v) is 3.82. The second-order valence-corrected chi connectivity index (χ2v) is 5.34. The van der Waals surface area contributed by atoms with Gasteiger partial charge in [0.2, 0.25) is 0 Å². The van der Waals surface area contributed by atoms with Gasteiger partial charge in [-0.1, -0.05) is 6.92 Å². The summed E-state index contributed by atoms with van der Waals surface area (Å²) in [7, 11) is 1.37. The zero-order chi connectivity index (χ0) is 17.7. The van der Waals surface area contributed by atoms with Gasteiger partial charge in [0.25, 0.3) is 11.6 Å². The van der Waals surface area contributed by atoms with Crippen molar-refractivity contribution in [2.75, 3.05) is 26.9 Å². The number of hydrogen-bond donors (Lipinski definition) is 2. The number of primary amides is 1. The number of nitro groups is 1. The summed E-state index contributed by atoms with van der Waals surface area (Å²) in [5.74, 6) is -0.501. The van der Waals surface area contributed by atoms with E-state index < -0.39 is 16.5 Å². The van der Waals surface area contributed by atoms with Gasteiger partial charge < -0.3 is 25.3 Å². The number of carbonyl (C=O) groups excluding carboxylic acids is 1. The highest BCUT2D eigenvalue weighted by Crippen LogP contribution is 2.35.